The van der Waals surface area contributed by atoms with E-state index in [0.29, 0.717) is 23.0 Å². The molecule has 0 saturated carbocycles. The van der Waals surface area contributed by atoms with Gasteiger partial charge in [0.05, 0.1) is 24.7 Å². The lowest BCUT2D eigenvalue weighted by Crippen LogP contribution is -2.43. The van der Waals surface area contributed by atoms with Crippen LogP contribution in [0, 0.1) is 6.92 Å². The van der Waals surface area contributed by atoms with E-state index in [1.165, 1.54) is 35.9 Å². The molecule has 1 atom stereocenters. The smallest absolute Gasteiger partial charge is 0.244 e. The van der Waals surface area contributed by atoms with Crippen molar-refractivity contribution < 1.29 is 23.0 Å². The molecule has 0 aromatic carbocycles. The maximum Gasteiger partial charge on any atom is 0.244 e. The lowest BCUT2D eigenvalue weighted by Gasteiger charge is -2.27. The number of aryl methyl sites for hydroxylation is 1. The summed E-state index contributed by atoms with van der Waals surface area (Å²) in [6.07, 6.45) is 0. The lowest BCUT2D eigenvalue weighted by atomic mass is 10.3. The van der Waals surface area contributed by atoms with E-state index in [-0.39, 0.29) is 24.1 Å². The number of thiophene rings is 1. The summed E-state index contributed by atoms with van der Waals surface area (Å²) in [5.41, 5.74) is 0. The Morgan fingerprint density at radius 3 is 2.52 bits per heavy atom. The number of rotatable bonds is 9. The van der Waals surface area contributed by atoms with Crippen LogP contribution in [0.4, 0.5) is 0 Å². The standard InChI is InChI=1S/C13H23NO5S2/c1-10(9-19-4)14(5-6-18-3)21(16,17)13-7-12(8-15)20-11(13)2/h7,10,15H,5-6,8-9H2,1-4H3. The number of hydrogen-bond acceptors (Lipinski definition) is 6. The molecule has 0 spiro atoms. The Bertz CT molecular complexity index is 541. The molecule has 122 valence electrons. The van der Waals surface area contributed by atoms with E-state index in [1.54, 1.807) is 13.8 Å². The largest absolute Gasteiger partial charge is 0.391 e. The first kappa shape index (κ1) is 18.5. The third kappa shape index (κ3) is 4.48. The zero-order chi connectivity index (χ0) is 16.0. The van der Waals surface area contributed by atoms with E-state index in [2.05, 4.69) is 0 Å². The van der Waals surface area contributed by atoms with Crippen molar-refractivity contribution in [3.05, 3.63) is 15.8 Å². The summed E-state index contributed by atoms with van der Waals surface area (Å²) in [5.74, 6) is 0. The van der Waals surface area contributed by atoms with Crippen LogP contribution in [-0.4, -0.2) is 57.8 Å². The first-order chi connectivity index (χ1) is 9.88. The van der Waals surface area contributed by atoms with E-state index in [4.69, 9.17) is 9.47 Å². The van der Waals surface area contributed by atoms with Crippen molar-refractivity contribution in [2.45, 2.75) is 31.4 Å². The van der Waals surface area contributed by atoms with Gasteiger partial charge in [0, 0.05) is 36.6 Å². The minimum atomic E-state index is -3.64. The molecule has 1 unspecified atom stereocenters. The number of sulfonamides is 1. The van der Waals surface area contributed by atoms with E-state index < -0.39 is 10.0 Å². The van der Waals surface area contributed by atoms with Crippen LogP contribution >= 0.6 is 11.3 Å². The summed E-state index contributed by atoms with van der Waals surface area (Å²) in [7, 11) is -0.570. The normalized spacial score (nSPS) is 13.8. The molecular formula is C13H23NO5S2. The first-order valence-electron chi connectivity index (χ1n) is 6.58. The van der Waals surface area contributed by atoms with E-state index in [1.807, 2.05) is 0 Å². The van der Waals surface area contributed by atoms with Gasteiger partial charge in [-0.1, -0.05) is 0 Å². The second-order valence-electron chi connectivity index (χ2n) is 4.70. The lowest BCUT2D eigenvalue weighted by molar-refractivity contribution is 0.119. The first-order valence-corrected chi connectivity index (χ1v) is 8.84. The molecule has 1 aromatic rings. The number of methoxy groups -OCH3 is 2. The molecule has 1 rings (SSSR count). The van der Waals surface area contributed by atoms with E-state index >= 15 is 0 Å². The number of aliphatic hydroxyl groups excluding tert-OH is 1. The molecular weight excluding hydrogens is 314 g/mol. The van der Waals surface area contributed by atoms with Crippen LogP contribution in [0.25, 0.3) is 0 Å². The highest BCUT2D eigenvalue weighted by Crippen LogP contribution is 2.29. The summed E-state index contributed by atoms with van der Waals surface area (Å²) < 4.78 is 37.1. The van der Waals surface area contributed by atoms with E-state index in [0.717, 1.165) is 0 Å². The second kappa shape index (κ2) is 8.21. The van der Waals surface area contributed by atoms with Crippen LogP contribution in [0.2, 0.25) is 0 Å². The number of hydrogen-bond donors (Lipinski definition) is 1. The van der Waals surface area contributed by atoms with Gasteiger partial charge in [-0.2, -0.15) is 4.31 Å². The van der Waals surface area contributed by atoms with Crippen LogP contribution in [0.3, 0.4) is 0 Å². The van der Waals surface area contributed by atoms with Crippen molar-refractivity contribution in [1.29, 1.82) is 0 Å². The van der Waals surface area contributed by atoms with Crippen LogP contribution in [0.1, 0.15) is 16.7 Å². The van der Waals surface area contributed by atoms with Crippen LogP contribution < -0.4 is 0 Å². The highest BCUT2D eigenvalue weighted by Gasteiger charge is 2.31. The minimum absolute atomic E-state index is 0.160. The van der Waals surface area contributed by atoms with Gasteiger partial charge in [-0.05, 0) is 19.9 Å². The van der Waals surface area contributed by atoms with Crippen molar-refractivity contribution in [1.82, 2.24) is 4.31 Å². The molecule has 0 amide bonds. The maximum atomic E-state index is 12.8. The molecule has 21 heavy (non-hydrogen) atoms. The predicted octanol–water partition coefficient (Wildman–Crippen LogP) is 1.22. The van der Waals surface area contributed by atoms with Gasteiger partial charge in [-0.15, -0.1) is 11.3 Å². The van der Waals surface area contributed by atoms with Crippen LogP contribution in [0.15, 0.2) is 11.0 Å². The molecule has 0 bridgehead atoms. The Balaban J connectivity index is 3.15. The quantitative estimate of drug-likeness (QED) is 0.733. The fourth-order valence-corrected chi connectivity index (χ4v) is 5.13. The zero-order valence-corrected chi connectivity index (χ0v) is 14.5. The minimum Gasteiger partial charge on any atom is -0.391 e. The third-order valence-corrected chi connectivity index (χ3v) is 6.39. The number of aliphatic hydroxyl groups is 1. The fourth-order valence-electron chi connectivity index (χ4n) is 2.07. The molecule has 0 aliphatic carbocycles. The van der Waals surface area contributed by atoms with E-state index in [9.17, 15) is 13.5 Å². The number of nitrogens with zero attached hydrogens (tertiary/aromatic N) is 1. The average molecular weight is 337 g/mol. The van der Waals surface area contributed by atoms with Crippen LogP contribution in [-0.2, 0) is 26.1 Å². The molecule has 1 aromatic heterocycles. The summed E-state index contributed by atoms with van der Waals surface area (Å²) in [5, 5.41) is 9.18. The van der Waals surface area contributed by atoms with Gasteiger partial charge >= 0.3 is 0 Å². The predicted molar refractivity (Wildman–Crippen MR) is 82.1 cm³/mol. The van der Waals surface area contributed by atoms with Crippen molar-refractivity contribution in [2.75, 3.05) is 34.0 Å². The third-order valence-electron chi connectivity index (χ3n) is 3.08. The average Bonchev–Trinajstić information content (AvgIpc) is 2.81. The van der Waals surface area contributed by atoms with Gasteiger partial charge in [0.1, 0.15) is 0 Å². The molecule has 6 nitrogen and oxygen atoms in total. The molecule has 1 heterocycles. The SMILES string of the molecule is COCCN(C(C)COC)S(=O)(=O)c1cc(CO)sc1C. The molecule has 0 aliphatic rings. The summed E-state index contributed by atoms with van der Waals surface area (Å²) in [6, 6.07) is 1.24. The zero-order valence-electron chi connectivity index (χ0n) is 12.8. The van der Waals surface area contributed by atoms with Crippen molar-refractivity contribution in [3.63, 3.8) is 0 Å². The Kier molecular flexibility index (Phi) is 7.25. The summed E-state index contributed by atoms with van der Waals surface area (Å²) >= 11 is 1.29. The highest BCUT2D eigenvalue weighted by molar-refractivity contribution is 7.89. The molecule has 0 radical (unpaired) electrons. The van der Waals surface area contributed by atoms with Crippen LogP contribution in [0.5, 0.6) is 0 Å². The van der Waals surface area contributed by atoms with Gasteiger partial charge in [-0.25, -0.2) is 8.42 Å². The fraction of sp³-hybridized carbons (Fsp3) is 0.692. The molecule has 0 aliphatic heterocycles. The van der Waals surface area contributed by atoms with Gasteiger partial charge in [0.25, 0.3) is 0 Å². The molecule has 0 saturated heterocycles. The summed E-state index contributed by atoms with van der Waals surface area (Å²) in [6.45, 7) is 4.25. The summed E-state index contributed by atoms with van der Waals surface area (Å²) in [4.78, 5) is 1.55. The van der Waals surface area contributed by atoms with Gasteiger partial charge in [0.2, 0.25) is 10.0 Å². The van der Waals surface area contributed by atoms with Crippen molar-refractivity contribution >= 4 is 21.4 Å². The molecule has 0 fully saturated rings. The monoisotopic (exact) mass is 337 g/mol. The molecule has 8 heteroatoms. The Labute approximate surface area is 130 Å². The number of ether oxygens (including phenoxy) is 2. The Hall–Kier alpha value is -0.510. The Morgan fingerprint density at radius 2 is 2.05 bits per heavy atom. The van der Waals surface area contributed by atoms with Gasteiger partial charge < -0.3 is 14.6 Å². The molecule has 1 N–H and O–H groups in total. The second-order valence-corrected chi connectivity index (χ2v) is 7.90. The van der Waals surface area contributed by atoms with Gasteiger partial charge in [-0.3, -0.25) is 0 Å². The van der Waals surface area contributed by atoms with Gasteiger partial charge in [0.15, 0.2) is 0 Å². The van der Waals surface area contributed by atoms with Crippen molar-refractivity contribution in [3.8, 4) is 0 Å². The Morgan fingerprint density at radius 1 is 1.38 bits per heavy atom. The van der Waals surface area contributed by atoms with Crippen molar-refractivity contribution in [2.24, 2.45) is 0 Å². The topological polar surface area (TPSA) is 76.1 Å². The maximum absolute atomic E-state index is 12.8. The highest BCUT2D eigenvalue weighted by atomic mass is 32.2.